The predicted molar refractivity (Wildman–Crippen MR) is 73.3 cm³/mol. The molecule has 0 radical (unpaired) electrons. The van der Waals surface area contributed by atoms with E-state index in [4.69, 9.17) is 5.73 Å². The molecule has 0 spiro atoms. The zero-order valence-electron chi connectivity index (χ0n) is 11.6. The number of amides is 1. The number of nitrogens with zero attached hydrogens (tertiary/aromatic N) is 2. The Labute approximate surface area is 113 Å². The summed E-state index contributed by atoms with van der Waals surface area (Å²) in [6.45, 7) is 8.60. The summed E-state index contributed by atoms with van der Waals surface area (Å²) in [5.74, 6) is -0.936. The Hall–Kier alpha value is -1.69. The van der Waals surface area contributed by atoms with Gasteiger partial charge in [-0.25, -0.2) is 9.37 Å². The van der Waals surface area contributed by atoms with E-state index in [9.17, 15) is 9.18 Å². The Balaban J connectivity index is 2.66. The van der Waals surface area contributed by atoms with Crippen LogP contribution in [0.4, 0.5) is 10.2 Å². The quantitative estimate of drug-likeness (QED) is 0.815. The average Bonchev–Trinajstić information content (AvgIpc) is 2.38. The summed E-state index contributed by atoms with van der Waals surface area (Å²) in [6, 6.07) is 1.05. The second-order valence-electron chi connectivity index (χ2n) is 4.45. The fourth-order valence-electron chi connectivity index (χ4n) is 1.85. The SMILES string of the molecule is CCN(CC)CC(C)NC(=O)c1cc(F)cnc1N. The van der Waals surface area contributed by atoms with Crippen LogP contribution in [0.2, 0.25) is 0 Å². The highest BCUT2D eigenvalue weighted by Crippen LogP contribution is 2.10. The van der Waals surface area contributed by atoms with E-state index < -0.39 is 11.7 Å². The van der Waals surface area contributed by atoms with E-state index in [1.165, 1.54) is 0 Å². The van der Waals surface area contributed by atoms with Crippen LogP contribution in [0.3, 0.4) is 0 Å². The average molecular weight is 268 g/mol. The van der Waals surface area contributed by atoms with E-state index in [-0.39, 0.29) is 17.4 Å². The highest BCUT2D eigenvalue weighted by Gasteiger charge is 2.15. The normalized spacial score (nSPS) is 12.5. The number of carbonyl (C=O) groups is 1. The fraction of sp³-hybridized carbons (Fsp3) is 0.538. The Morgan fingerprint density at radius 1 is 1.53 bits per heavy atom. The lowest BCUT2D eigenvalue weighted by Crippen LogP contribution is -2.42. The first-order valence-electron chi connectivity index (χ1n) is 6.42. The van der Waals surface area contributed by atoms with Crippen molar-refractivity contribution >= 4 is 11.7 Å². The van der Waals surface area contributed by atoms with Gasteiger partial charge in [0.15, 0.2) is 0 Å². The minimum atomic E-state index is -0.573. The molecule has 6 heteroatoms. The van der Waals surface area contributed by atoms with E-state index in [0.717, 1.165) is 31.9 Å². The number of halogens is 1. The number of carbonyl (C=O) groups excluding carboxylic acids is 1. The van der Waals surface area contributed by atoms with E-state index in [1.807, 2.05) is 6.92 Å². The molecule has 0 aliphatic rings. The number of hydrogen-bond acceptors (Lipinski definition) is 4. The molecule has 1 rings (SSSR count). The molecular formula is C13H21FN4O. The Kier molecular flexibility index (Phi) is 5.69. The zero-order valence-corrected chi connectivity index (χ0v) is 11.6. The van der Waals surface area contributed by atoms with E-state index >= 15 is 0 Å². The Bertz CT molecular complexity index is 435. The molecular weight excluding hydrogens is 247 g/mol. The van der Waals surface area contributed by atoms with Gasteiger partial charge in [0.2, 0.25) is 0 Å². The van der Waals surface area contributed by atoms with Gasteiger partial charge < -0.3 is 16.0 Å². The van der Waals surface area contributed by atoms with Gasteiger partial charge in [-0.05, 0) is 26.1 Å². The van der Waals surface area contributed by atoms with Crippen LogP contribution < -0.4 is 11.1 Å². The maximum Gasteiger partial charge on any atom is 0.255 e. The molecule has 1 heterocycles. The van der Waals surface area contributed by atoms with Crippen molar-refractivity contribution in [3.05, 3.63) is 23.6 Å². The van der Waals surface area contributed by atoms with Crippen molar-refractivity contribution in [2.75, 3.05) is 25.4 Å². The van der Waals surface area contributed by atoms with Gasteiger partial charge in [-0.1, -0.05) is 13.8 Å². The lowest BCUT2D eigenvalue weighted by molar-refractivity contribution is 0.0930. The third-order valence-electron chi connectivity index (χ3n) is 2.93. The maximum absolute atomic E-state index is 13.1. The summed E-state index contributed by atoms with van der Waals surface area (Å²) in [5.41, 5.74) is 5.65. The second-order valence-corrected chi connectivity index (χ2v) is 4.45. The first kappa shape index (κ1) is 15.4. The van der Waals surface area contributed by atoms with Gasteiger partial charge in [-0.3, -0.25) is 4.79 Å². The molecule has 1 atom stereocenters. The summed E-state index contributed by atoms with van der Waals surface area (Å²) in [5, 5.41) is 2.80. The molecule has 0 aromatic carbocycles. The van der Waals surface area contributed by atoms with Gasteiger partial charge in [-0.15, -0.1) is 0 Å². The number of nitrogen functional groups attached to an aromatic ring is 1. The van der Waals surface area contributed by atoms with Crippen LogP contribution in [0.5, 0.6) is 0 Å². The number of nitrogens with one attached hydrogen (secondary N) is 1. The summed E-state index contributed by atoms with van der Waals surface area (Å²) in [7, 11) is 0. The largest absolute Gasteiger partial charge is 0.383 e. The molecule has 0 bridgehead atoms. The first-order chi connectivity index (χ1) is 8.97. The molecule has 0 aliphatic carbocycles. The number of aromatic nitrogens is 1. The summed E-state index contributed by atoms with van der Waals surface area (Å²) in [4.78, 5) is 17.8. The summed E-state index contributed by atoms with van der Waals surface area (Å²) >= 11 is 0. The lowest BCUT2D eigenvalue weighted by Gasteiger charge is -2.23. The monoisotopic (exact) mass is 268 g/mol. The smallest absolute Gasteiger partial charge is 0.255 e. The molecule has 5 nitrogen and oxygen atoms in total. The third kappa shape index (κ3) is 4.48. The van der Waals surface area contributed by atoms with Crippen LogP contribution in [0, 0.1) is 5.82 Å². The minimum absolute atomic E-state index is 0.0361. The van der Waals surface area contributed by atoms with Crippen LogP contribution in [0.1, 0.15) is 31.1 Å². The molecule has 19 heavy (non-hydrogen) atoms. The predicted octanol–water partition coefficient (Wildman–Crippen LogP) is 1.26. The van der Waals surface area contributed by atoms with Gasteiger partial charge >= 0.3 is 0 Å². The van der Waals surface area contributed by atoms with Crippen LogP contribution in [-0.4, -0.2) is 41.5 Å². The van der Waals surface area contributed by atoms with Crippen molar-refractivity contribution < 1.29 is 9.18 Å². The molecule has 1 aromatic heterocycles. The van der Waals surface area contributed by atoms with Crippen molar-refractivity contribution in [2.45, 2.75) is 26.8 Å². The van der Waals surface area contributed by atoms with Crippen LogP contribution in [0.25, 0.3) is 0 Å². The molecule has 0 saturated carbocycles. The van der Waals surface area contributed by atoms with Crippen LogP contribution >= 0.6 is 0 Å². The van der Waals surface area contributed by atoms with Gasteiger partial charge in [0.25, 0.3) is 5.91 Å². The van der Waals surface area contributed by atoms with E-state index in [0.29, 0.717) is 0 Å². The van der Waals surface area contributed by atoms with Crippen molar-refractivity contribution in [3.8, 4) is 0 Å². The van der Waals surface area contributed by atoms with Crippen molar-refractivity contribution in [3.63, 3.8) is 0 Å². The number of hydrogen-bond donors (Lipinski definition) is 2. The molecule has 0 saturated heterocycles. The highest BCUT2D eigenvalue weighted by atomic mass is 19.1. The number of nitrogens with two attached hydrogens (primary N) is 1. The number of pyridine rings is 1. The van der Waals surface area contributed by atoms with Gasteiger partial charge in [0.1, 0.15) is 11.6 Å². The molecule has 1 unspecified atom stereocenters. The van der Waals surface area contributed by atoms with Crippen molar-refractivity contribution in [1.29, 1.82) is 0 Å². The third-order valence-corrected chi connectivity index (χ3v) is 2.93. The molecule has 0 aliphatic heterocycles. The highest BCUT2D eigenvalue weighted by molar-refractivity contribution is 5.98. The maximum atomic E-state index is 13.1. The topological polar surface area (TPSA) is 71.2 Å². The second kappa shape index (κ2) is 7.04. The van der Waals surface area contributed by atoms with Crippen LogP contribution in [0.15, 0.2) is 12.3 Å². The molecule has 0 fully saturated rings. The molecule has 106 valence electrons. The fourth-order valence-corrected chi connectivity index (χ4v) is 1.85. The Morgan fingerprint density at radius 2 is 2.16 bits per heavy atom. The van der Waals surface area contributed by atoms with Crippen molar-refractivity contribution in [2.24, 2.45) is 0 Å². The van der Waals surface area contributed by atoms with Gasteiger partial charge in [0.05, 0.1) is 11.8 Å². The minimum Gasteiger partial charge on any atom is -0.383 e. The molecule has 3 N–H and O–H groups in total. The number of anilines is 1. The van der Waals surface area contributed by atoms with Gasteiger partial charge in [-0.2, -0.15) is 0 Å². The van der Waals surface area contributed by atoms with E-state index in [2.05, 4.69) is 29.0 Å². The first-order valence-corrected chi connectivity index (χ1v) is 6.42. The number of rotatable bonds is 6. The molecule has 1 aromatic rings. The lowest BCUT2D eigenvalue weighted by atomic mass is 10.2. The molecule has 1 amide bonds. The van der Waals surface area contributed by atoms with Crippen molar-refractivity contribution in [1.82, 2.24) is 15.2 Å². The van der Waals surface area contributed by atoms with E-state index in [1.54, 1.807) is 0 Å². The summed E-state index contributed by atoms with van der Waals surface area (Å²) < 4.78 is 13.1. The standard InChI is InChI=1S/C13H21FN4O/c1-4-18(5-2)8-9(3)17-13(19)11-6-10(14)7-16-12(11)15/h6-7,9H,4-5,8H2,1-3H3,(H2,15,16)(H,17,19). The number of likely N-dealkylation sites (N-methyl/N-ethyl adjacent to an activating group) is 1. The van der Waals surface area contributed by atoms with Gasteiger partial charge in [0, 0.05) is 12.6 Å². The Morgan fingerprint density at radius 3 is 2.74 bits per heavy atom. The zero-order chi connectivity index (χ0) is 14.4. The van der Waals surface area contributed by atoms with Crippen LogP contribution in [-0.2, 0) is 0 Å². The summed E-state index contributed by atoms with van der Waals surface area (Å²) in [6.07, 6.45) is 0.992.